The fraction of sp³-hybridized carbons (Fsp3) is 0. The monoisotopic (exact) mass is 592 g/mol. The zero-order valence-corrected chi connectivity index (χ0v) is 23.5. The van der Waals surface area contributed by atoms with Gasteiger partial charge in [0.2, 0.25) is 0 Å². The summed E-state index contributed by atoms with van der Waals surface area (Å²) >= 11 is 0. The highest BCUT2D eigenvalue weighted by Gasteiger charge is 2.29. The lowest BCUT2D eigenvalue weighted by Gasteiger charge is -2.08. The summed E-state index contributed by atoms with van der Waals surface area (Å²) in [6.07, 6.45) is 0. The zero-order valence-electron chi connectivity index (χ0n) is 23.5. The maximum Gasteiger partial charge on any atom is 0.134 e. The molecule has 10 rings (SSSR count). The Kier molecular flexibility index (Phi) is 4.58. The molecule has 210 valence electrons. The smallest absolute Gasteiger partial charge is 0.134 e. The van der Waals surface area contributed by atoms with Crippen molar-refractivity contribution in [2.45, 2.75) is 0 Å². The van der Waals surface area contributed by atoms with E-state index in [-0.39, 0.29) is 5.39 Å². The van der Waals surface area contributed by atoms with Crippen molar-refractivity contribution in [2.75, 3.05) is 0 Å². The van der Waals surface area contributed by atoms with Crippen LogP contribution >= 0.6 is 0 Å². The third-order valence-electron chi connectivity index (χ3n) is 9.14. The van der Waals surface area contributed by atoms with Crippen LogP contribution in [0, 0.1) is 34.3 Å². The van der Waals surface area contributed by atoms with Crippen LogP contribution in [0.1, 0.15) is 11.1 Å². The molecule has 0 aliphatic heterocycles. The largest absolute Gasteiger partial charge is 0.244 e. The molecule has 0 saturated carbocycles. The number of halogens is 2. The summed E-state index contributed by atoms with van der Waals surface area (Å²) in [6.45, 7) is 0. The molecule has 2 aliphatic carbocycles. The third-order valence-corrected chi connectivity index (χ3v) is 9.14. The van der Waals surface area contributed by atoms with Gasteiger partial charge in [-0.3, -0.25) is 0 Å². The number of hydrogen-bond acceptors (Lipinski definition) is 6. The first-order chi connectivity index (χ1) is 22.5. The molecule has 6 nitrogen and oxygen atoms in total. The Morgan fingerprint density at radius 2 is 0.804 bits per heavy atom. The second-order valence-corrected chi connectivity index (χ2v) is 11.5. The molecule has 0 saturated heterocycles. The van der Waals surface area contributed by atoms with E-state index >= 15 is 0 Å². The number of aromatic nitrogens is 4. The molecule has 0 N–H and O–H groups in total. The topological polar surface area (TPSA) is 99.1 Å². The van der Waals surface area contributed by atoms with Gasteiger partial charge in [-0.25, -0.2) is 28.7 Å². The fourth-order valence-corrected chi connectivity index (χ4v) is 7.10. The molecule has 2 aliphatic rings. The van der Waals surface area contributed by atoms with Crippen LogP contribution in [-0.4, -0.2) is 19.9 Å². The molecule has 0 amide bonds. The van der Waals surface area contributed by atoms with Crippen LogP contribution in [0.4, 0.5) is 8.78 Å². The van der Waals surface area contributed by atoms with E-state index in [1.807, 2.05) is 48.5 Å². The van der Waals surface area contributed by atoms with Crippen molar-refractivity contribution >= 4 is 43.6 Å². The maximum atomic E-state index is 14.6. The third kappa shape index (κ3) is 3.05. The molecule has 2 heterocycles. The standard InChI is InChI=1S/C38H14F2N6/c39-25-9-7-23-33-24(8-10-26(40)34(25)33)38-36(23)44-28-12-4-18(14-30(28)46-38)17-3-11-27-29(13-17)45-37-22-6-2-20(16-42)31-19(15-41)1-5-21(32(22)31)35(37)43-27/h1-14H. The van der Waals surface area contributed by atoms with E-state index in [0.29, 0.717) is 66.7 Å². The number of fused-ring (bicyclic) bond motifs is 8. The van der Waals surface area contributed by atoms with Gasteiger partial charge in [-0.1, -0.05) is 24.3 Å². The van der Waals surface area contributed by atoms with Gasteiger partial charge in [-0.2, -0.15) is 10.5 Å². The van der Waals surface area contributed by atoms with Crippen molar-refractivity contribution in [1.82, 2.24) is 19.9 Å². The molecule has 0 unspecified atom stereocenters. The Bertz CT molecular complexity index is 2840. The summed E-state index contributed by atoms with van der Waals surface area (Å²) in [5.74, 6) is -1.22. The first-order valence-corrected chi connectivity index (χ1v) is 14.5. The Labute approximate surface area is 258 Å². The molecule has 2 aromatic heterocycles. The zero-order chi connectivity index (χ0) is 30.8. The van der Waals surface area contributed by atoms with Crippen molar-refractivity contribution < 1.29 is 8.78 Å². The van der Waals surface area contributed by atoms with Gasteiger partial charge in [0, 0.05) is 38.4 Å². The van der Waals surface area contributed by atoms with Gasteiger partial charge in [-0.15, -0.1) is 0 Å². The maximum absolute atomic E-state index is 14.6. The van der Waals surface area contributed by atoms with Crippen LogP contribution in [0.15, 0.2) is 84.9 Å². The SMILES string of the molecule is N#Cc1ccc2c3c(ccc(C#N)c13)-c1nc3cc(-c4ccc5nc6c(nc5c4)-c4ccc(F)c5c(F)ccc-6c45)ccc3nc1-2. The summed E-state index contributed by atoms with van der Waals surface area (Å²) in [5, 5.41) is 21.4. The highest BCUT2D eigenvalue weighted by Crippen LogP contribution is 2.49. The van der Waals surface area contributed by atoms with Gasteiger partial charge in [-0.05, 0) is 71.8 Å². The highest BCUT2D eigenvalue weighted by molar-refractivity contribution is 6.17. The van der Waals surface area contributed by atoms with Gasteiger partial charge < -0.3 is 0 Å². The average Bonchev–Trinajstić information content (AvgIpc) is 3.57. The Hall–Kier alpha value is -6.64. The van der Waals surface area contributed by atoms with Crippen LogP contribution in [0.3, 0.4) is 0 Å². The number of nitrogens with zero attached hydrogens (tertiary/aromatic N) is 6. The van der Waals surface area contributed by atoms with E-state index in [4.69, 9.17) is 19.9 Å². The van der Waals surface area contributed by atoms with Crippen LogP contribution in [0.5, 0.6) is 0 Å². The number of nitriles is 2. The molecule has 8 heteroatoms. The lowest BCUT2D eigenvalue weighted by atomic mass is 9.96. The molecule has 6 aromatic carbocycles. The van der Waals surface area contributed by atoms with E-state index in [9.17, 15) is 19.3 Å². The predicted molar refractivity (Wildman–Crippen MR) is 171 cm³/mol. The Balaban J connectivity index is 1.12. The molecular weight excluding hydrogens is 578 g/mol. The summed E-state index contributed by atoms with van der Waals surface area (Å²) < 4.78 is 29.3. The second kappa shape index (κ2) is 8.50. The van der Waals surface area contributed by atoms with Gasteiger partial charge >= 0.3 is 0 Å². The quantitative estimate of drug-likeness (QED) is 0.189. The second-order valence-electron chi connectivity index (χ2n) is 11.5. The molecule has 0 bridgehead atoms. The van der Waals surface area contributed by atoms with Crippen LogP contribution < -0.4 is 0 Å². The van der Waals surface area contributed by atoms with E-state index in [1.54, 1.807) is 24.3 Å². The normalized spacial score (nSPS) is 12.1. The molecule has 46 heavy (non-hydrogen) atoms. The summed E-state index contributed by atoms with van der Waals surface area (Å²) in [4.78, 5) is 19.8. The van der Waals surface area contributed by atoms with Crippen LogP contribution in [-0.2, 0) is 0 Å². The van der Waals surface area contributed by atoms with Gasteiger partial charge in [0.1, 0.15) is 11.6 Å². The minimum absolute atomic E-state index is 0.0429. The van der Waals surface area contributed by atoms with Crippen LogP contribution in [0.25, 0.3) is 99.8 Å². The highest BCUT2D eigenvalue weighted by atomic mass is 19.1. The Morgan fingerprint density at radius 3 is 1.24 bits per heavy atom. The Morgan fingerprint density at radius 1 is 0.413 bits per heavy atom. The van der Waals surface area contributed by atoms with Crippen molar-refractivity contribution in [2.24, 2.45) is 0 Å². The van der Waals surface area contributed by atoms with Crippen molar-refractivity contribution in [3.63, 3.8) is 0 Å². The lowest BCUT2D eigenvalue weighted by molar-refractivity contribution is 0.608. The van der Waals surface area contributed by atoms with E-state index in [0.717, 1.165) is 38.9 Å². The van der Waals surface area contributed by atoms with E-state index in [1.165, 1.54) is 12.1 Å². The number of benzene rings is 6. The average molecular weight is 593 g/mol. The predicted octanol–water partition coefficient (Wildman–Crippen LogP) is 8.86. The first-order valence-electron chi connectivity index (χ1n) is 14.5. The minimum atomic E-state index is -0.609. The summed E-state index contributed by atoms with van der Waals surface area (Å²) in [7, 11) is 0. The number of hydrogen-bond donors (Lipinski definition) is 0. The van der Waals surface area contributed by atoms with E-state index < -0.39 is 11.6 Å². The van der Waals surface area contributed by atoms with Gasteiger partial charge in [0.15, 0.2) is 0 Å². The molecular formula is C38H14F2N6. The summed E-state index contributed by atoms with van der Waals surface area (Å²) in [6, 6.07) is 29.2. The lowest BCUT2D eigenvalue weighted by Crippen LogP contribution is -1.93. The molecule has 0 fully saturated rings. The molecule has 0 radical (unpaired) electrons. The fourth-order valence-electron chi connectivity index (χ4n) is 7.10. The van der Waals surface area contributed by atoms with Crippen molar-refractivity contribution in [1.29, 1.82) is 10.5 Å². The molecule has 0 spiro atoms. The van der Waals surface area contributed by atoms with Crippen LogP contribution in [0.2, 0.25) is 0 Å². The van der Waals surface area contributed by atoms with Gasteiger partial charge in [0.25, 0.3) is 0 Å². The van der Waals surface area contributed by atoms with E-state index in [2.05, 4.69) is 12.1 Å². The molecule has 0 atom stereocenters. The van der Waals surface area contributed by atoms with Crippen molar-refractivity contribution in [3.8, 4) is 68.3 Å². The summed E-state index contributed by atoms with van der Waals surface area (Å²) in [5.41, 5.74) is 11.2. The van der Waals surface area contributed by atoms with Gasteiger partial charge in [0.05, 0.1) is 73.5 Å². The van der Waals surface area contributed by atoms with Crippen molar-refractivity contribution in [3.05, 3.63) is 108 Å². The first kappa shape index (κ1) is 24.8. The number of rotatable bonds is 1. The minimum Gasteiger partial charge on any atom is -0.244 e. The molecule has 8 aromatic rings.